The first-order valence-corrected chi connectivity index (χ1v) is 8.06. The van der Waals surface area contributed by atoms with E-state index in [-0.39, 0.29) is 12.4 Å². The molecule has 0 saturated carbocycles. The lowest BCUT2D eigenvalue weighted by molar-refractivity contribution is 0.174. The van der Waals surface area contributed by atoms with Gasteiger partial charge >= 0.3 is 0 Å². The molecule has 0 spiro atoms. The van der Waals surface area contributed by atoms with Crippen LogP contribution in [0.5, 0.6) is 17.2 Å². The van der Waals surface area contributed by atoms with Crippen molar-refractivity contribution in [2.24, 2.45) is 0 Å². The highest BCUT2D eigenvalue weighted by Crippen LogP contribution is 2.32. The van der Waals surface area contributed by atoms with Crippen molar-refractivity contribution in [2.75, 3.05) is 13.4 Å². The summed E-state index contributed by atoms with van der Waals surface area (Å²) in [6.45, 7) is 4.46. The van der Waals surface area contributed by atoms with Crippen LogP contribution in [0, 0.1) is 0 Å². The number of fused-ring (bicyclic) bond motifs is 1. The molecule has 1 heterocycles. The van der Waals surface area contributed by atoms with Crippen LogP contribution in [0.15, 0.2) is 40.9 Å². The Hall–Kier alpha value is -1.43. The van der Waals surface area contributed by atoms with Crippen LogP contribution < -0.4 is 19.5 Å². The fourth-order valence-electron chi connectivity index (χ4n) is 2.37. The van der Waals surface area contributed by atoms with E-state index in [1.54, 1.807) is 0 Å². The Morgan fingerprint density at radius 3 is 2.74 bits per heavy atom. The molecule has 0 amide bonds. The van der Waals surface area contributed by atoms with Gasteiger partial charge in [0, 0.05) is 23.1 Å². The summed E-state index contributed by atoms with van der Waals surface area (Å²) in [6, 6.07) is 12.1. The summed E-state index contributed by atoms with van der Waals surface area (Å²) < 4.78 is 17.4. The van der Waals surface area contributed by atoms with Crippen LogP contribution in [0.2, 0.25) is 0 Å². The molecule has 1 aliphatic heterocycles. The van der Waals surface area contributed by atoms with Gasteiger partial charge in [0.05, 0.1) is 6.61 Å². The Bertz CT molecular complexity index is 666. The Balaban J connectivity index is 0.00000192. The van der Waals surface area contributed by atoms with E-state index < -0.39 is 0 Å². The molecule has 0 aromatic heterocycles. The monoisotopic (exact) mass is 399 g/mol. The zero-order valence-electron chi connectivity index (χ0n) is 12.8. The number of hydrogen-bond acceptors (Lipinski definition) is 4. The van der Waals surface area contributed by atoms with E-state index in [9.17, 15) is 0 Å². The number of rotatable bonds is 6. The first-order chi connectivity index (χ1) is 10.8. The molecule has 2 aromatic carbocycles. The Morgan fingerprint density at radius 1 is 1.09 bits per heavy atom. The number of nitrogens with one attached hydrogen (secondary N) is 1. The summed E-state index contributed by atoms with van der Waals surface area (Å²) in [7, 11) is 0. The first-order valence-electron chi connectivity index (χ1n) is 7.26. The summed E-state index contributed by atoms with van der Waals surface area (Å²) >= 11 is 3.50. The predicted molar refractivity (Wildman–Crippen MR) is 95.7 cm³/mol. The molecule has 0 saturated heterocycles. The molecule has 4 nitrogen and oxygen atoms in total. The van der Waals surface area contributed by atoms with Gasteiger partial charge in [-0.2, -0.15) is 0 Å². The molecule has 0 radical (unpaired) electrons. The minimum absolute atomic E-state index is 0. The van der Waals surface area contributed by atoms with E-state index >= 15 is 0 Å². The van der Waals surface area contributed by atoms with Crippen molar-refractivity contribution in [1.82, 2.24) is 5.32 Å². The average molecular weight is 401 g/mol. The second-order valence-electron chi connectivity index (χ2n) is 4.98. The van der Waals surface area contributed by atoms with Crippen LogP contribution >= 0.6 is 28.3 Å². The SMILES string of the molecule is CCOc1ccc(Br)cc1CNCc1ccc2c(c1)OCO2.Cl. The molecule has 124 valence electrons. The molecule has 0 unspecified atom stereocenters. The molecule has 2 aromatic rings. The van der Waals surface area contributed by atoms with Crippen molar-refractivity contribution < 1.29 is 14.2 Å². The fourth-order valence-corrected chi connectivity index (χ4v) is 2.78. The fraction of sp³-hybridized carbons (Fsp3) is 0.294. The lowest BCUT2D eigenvalue weighted by Gasteiger charge is -2.12. The van der Waals surface area contributed by atoms with E-state index in [0.717, 1.165) is 45.9 Å². The molecule has 0 atom stereocenters. The maximum Gasteiger partial charge on any atom is 0.231 e. The van der Waals surface area contributed by atoms with Gasteiger partial charge in [0.15, 0.2) is 11.5 Å². The lowest BCUT2D eigenvalue weighted by Crippen LogP contribution is -2.13. The van der Waals surface area contributed by atoms with E-state index in [1.165, 1.54) is 0 Å². The number of hydrogen-bond donors (Lipinski definition) is 1. The van der Waals surface area contributed by atoms with Gasteiger partial charge in [-0.25, -0.2) is 0 Å². The maximum atomic E-state index is 5.66. The van der Waals surface area contributed by atoms with Gasteiger partial charge in [0.25, 0.3) is 0 Å². The van der Waals surface area contributed by atoms with Crippen molar-refractivity contribution >= 4 is 28.3 Å². The number of halogens is 2. The van der Waals surface area contributed by atoms with E-state index in [1.807, 2.05) is 37.3 Å². The molecule has 1 aliphatic rings. The quantitative estimate of drug-likeness (QED) is 0.785. The van der Waals surface area contributed by atoms with Crippen molar-refractivity contribution in [2.45, 2.75) is 20.0 Å². The summed E-state index contributed by atoms with van der Waals surface area (Å²) in [4.78, 5) is 0. The number of benzene rings is 2. The van der Waals surface area contributed by atoms with Gasteiger partial charge in [0.1, 0.15) is 5.75 Å². The zero-order valence-corrected chi connectivity index (χ0v) is 15.2. The maximum absolute atomic E-state index is 5.66. The number of ether oxygens (including phenoxy) is 3. The van der Waals surface area contributed by atoms with Gasteiger partial charge in [-0.05, 0) is 42.8 Å². The third kappa shape index (κ3) is 4.53. The van der Waals surface area contributed by atoms with Crippen LogP contribution in [-0.4, -0.2) is 13.4 Å². The van der Waals surface area contributed by atoms with Crippen molar-refractivity contribution in [3.63, 3.8) is 0 Å². The van der Waals surface area contributed by atoms with Crippen LogP contribution in [0.4, 0.5) is 0 Å². The lowest BCUT2D eigenvalue weighted by atomic mass is 10.1. The predicted octanol–water partition coefficient (Wildman–Crippen LogP) is 4.29. The van der Waals surface area contributed by atoms with Crippen molar-refractivity contribution in [3.8, 4) is 17.2 Å². The standard InChI is InChI=1S/C17H18BrNO3.ClH/c1-2-20-15-6-4-14(18)8-13(15)10-19-9-12-3-5-16-17(7-12)22-11-21-16;/h3-8,19H,2,9-11H2,1H3;1H. The van der Waals surface area contributed by atoms with E-state index in [0.29, 0.717) is 13.4 Å². The van der Waals surface area contributed by atoms with Crippen LogP contribution in [-0.2, 0) is 13.1 Å². The first kappa shape index (κ1) is 17.9. The highest BCUT2D eigenvalue weighted by molar-refractivity contribution is 9.10. The Labute approximate surface area is 150 Å². The molecular weight excluding hydrogens is 382 g/mol. The molecular formula is C17H19BrClNO3. The molecule has 1 N–H and O–H groups in total. The molecule has 0 bridgehead atoms. The Kier molecular flexibility index (Phi) is 6.57. The van der Waals surface area contributed by atoms with Crippen molar-refractivity contribution in [3.05, 3.63) is 52.0 Å². The average Bonchev–Trinajstić information content (AvgIpc) is 2.98. The Morgan fingerprint density at radius 2 is 1.91 bits per heavy atom. The summed E-state index contributed by atoms with van der Waals surface area (Å²) in [5, 5.41) is 3.44. The highest BCUT2D eigenvalue weighted by atomic mass is 79.9. The molecule has 0 fully saturated rings. The molecule has 0 aliphatic carbocycles. The van der Waals surface area contributed by atoms with Crippen molar-refractivity contribution in [1.29, 1.82) is 0 Å². The van der Waals surface area contributed by atoms with Gasteiger partial charge < -0.3 is 19.5 Å². The van der Waals surface area contributed by atoms with Crippen LogP contribution in [0.25, 0.3) is 0 Å². The van der Waals surface area contributed by atoms with E-state index in [4.69, 9.17) is 14.2 Å². The second kappa shape index (κ2) is 8.43. The smallest absolute Gasteiger partial charge is 0.231 e. The third-order valence-corrected chi connectivity index (χ3v) is 3.90. The van der Waals surface area contributed by atoms with Crippen LogP contribution in [0.1, 0.15) is 18.1 Å². The largest absolute Gasteiger partial charge is 0.494 e. The minimum atomic E-state index is 0. The summed E-state index contributed by atoms with van der Waals surface area (Å²) in [5.41, 5.74) is 2.30. The second-order valence-corrected chi connectivity index (χ2v) is 5.89. The van der Waals surface area contributed by atoms with Gasteiger partial charge in [0.2, 0.25) is 6.79 Å². The zero-order chi connectivity index (χ0) is 15.4. The molecule has 23 heavy (non-hydrogen) atoms. The van der Waals surface area contributed by atoms with Gasteiger partial charge in [-0.1, -0.05) is 22.0 Å². The molecule has 3 rings (SSSR count). The van der Waals surface area contributed by atoms with Gasteiger partial charge in [-0.3, -0.25) is 0 Å². The van der Waals surface area contributed by atoms with Crippen LogP contribution in [0.3, 0.4) is 0 Å². The summed E-state index contributed by atoms with van der Waals surface area (Å²) in [5.74, 6) is 2.55. The summed E-state index contributed by atoms with van der Waals surface area (Å²) in [6.07, 6.45) is 0. The minimum Gasteiger partial charge on any atom is -0.494 e. The van der Waals surface area contributed by atoms with E-state index in [2.05, 4.69) is 27.3 Å². The normalized spacial score (nSPS) is 11.9. The highest BCUT2D eigenvalue weighted by Gasteiger charge is 2.13. The third-order valence-electron chi connectivity index (χ3n) is 3.40. The topological polar surface area (TPSA) is 39.7 Å². The van der Waals surface area contributed by atoms with Gasteiger partial charge in [-0.15, -0.1) is 12.4 Å². The molecule has 6 heteroatoms.